The second-order valence-electron chi connectivity index (χ2n) is 7.24. The molecule has 154 valence electrons. The number of urea groups is 1. The third-order valence-corrected chi connectivity index (χ3v) is 5.92. The molecule has 9 heteroatoms. The normalized spacial score (nSPS) is 16.4. The van der Waals surface area contributed by atoms with Crippen LogP contribution >= 0.6 is 0 Å². The molecule has 2 rings (SSSR count). The number of piperazine rings is 1. The Kier molecular flexibility index (Phi) is 8.16. The minimum Gasteiger partial charge on any atom is -0.338 e. The monoisotopic (exact) mass is 409 g/mol. The lowest BCUT2D eigenvalue weighted by Crippen LogP contribution is -3.15. The Hall–Kier alpha value is -2.23. The van der Waals surface area contributed by atoms with Crippen molar-refractivity contribution in [3.05, 3.63) is 41.3 Å². The molecule has 1 fully saturated rings. The van der Waals surface area contributed by atoms with Gasteiger partial charge in [-0.25, -0.2) is 13.2 Å². The van der Waals surface area contributed by atoms with Crippen molar-refractivity contribution in [1.29, 1.82) is 0 Å². The maximum absolute atomic E-state index is 12.5. The van der Waals surface area contributed by atoms with Gasteiger partial charge in [0, 0.05) is 12.0 Å². The molecule has 1 saturated heterocycles. The number of rotatable bonds is 7. The van der Waals surface area contributed by atoms with Crippen molar-refractivity contribution in [1.82, 2.24) is 14.9 Å². The first-order valence-corrected chi connectivity index (χ1v) is 10.9. The number of nitrogens with one attached hydrogen (secondary N) is 3. The van der Waals surface area contributed by atoms with Crippen LogP contribution in [-0.2, 0) is 14.8 Å². The van der Waals surface area contributed by atoms with E-state index in [1.54, 1.807) is 6.08 Å². The Bertz CT molecular complexity index is 785. The van der Waals surface area contributed by atoms with E-state index in [0.29, 0.717) is 38.6 Å². The number of hydrogen-bond acceptors (Lipinski definition) is 4. The van der Waals surface area contributed by atoms with Crippen LogP contribution in [0.2, 0.25) is 0 Å². The van der Waals surface area contributed by atoms with Crippen LogP contribution in [0, 0.1) is 5.92 Å². The van der Waals surface area contributed by atoms with Crippen LogP contribution in [0.3, 0.4) is 0 Å². The van der Waals surface area contributed by atoms with E-state index in [0.717, 1.165) is 10.5 Å². The minimum atomic E-state index is -3.49. The molecule has 0 radical (unpaired) electrons. The number of benzene rings is 1. The summed E-state index contributed by atoms with van der Waals surface area (Å²) >= 11 is 0. The third kappa shape index (κ3) is 7.41. The van der Waals surface area contributed by atoms with Crippen LogP contribution in [0.5, 0.6) is 0 Å². The Balaban J connectivity index is 1.78. The molecule has 3 N–H and O–H groups in total. The van der Waals surface area contributed by atoms with E-state index in [4.69, 9.17) is 0 Å². The van der Waals surface area contributed by atoms with Crippen LogP contribution in [0.4, 0.5) is 4.79 Å². The molecule has 1 aromatic rings. The molecule has 0 unspecified atom stereocenters. The number of imide groups is 1. The third-order valence-electron chi connectivity index (χ3n) is 4.36. The van der Waals surface area contributed by atoms with Crippen LogP contribution in [0.25, 0.3) is 6.08 Å². The van der Waals surface area contributed by atoms with Gasteiger partial charge in [0.25, 0.3) is 5.91 Å². The Morgan fingerprint density at radius 1 is 1.18 bits per heavy atom. The molecule has 1 aliphatic heterocycles. The lowest BCUT2D eigenvalue weighted by molar-refractivity contribution is -0.895. The Morgan fingerprint density at radius 2 is 1.82 bits per heavy atom. The molecule has 3 amide bonds. The second-order valence-corrected chi connectivity index (χ2v) is 9.05. The standard InChI is InChI=1S/C19H28N4O4S/c1-16(2)14-20-19(25)21-18(24)15-22-9-11-23(12-10-22)28(26,27)13-8-17-6-4-3-5-7-17/h3-8,13,16H,9-12,14-15H2,1-2H3,(H2,20,21,24,25)/p+1/b13-8+. The van der Waals surface area contributed by atoms with Gasteiger partial charge in [0.15, 0.2) is 6.54 Å². The number of carbonyl (C=O) groups excluding carboxylic acids is 2. The lowest BCUT2D eigenvalue weighted by Gasteiger charge is -2.30. The van der Waals surface area contributed by atoms with Crippen LogP contribution < -0.4 is 15.5 Å². The molecule has 0 aromatic heterocycles. The van der Waals surface area contributed by atoms with Gasteiger partial charge in [-0.1, -0.05) is 44.2 Å². The van der Waals surface area contributed by atoms with Crippen molar-refractivity contribution in [3.63, 3.8) is 0 Å². The highest BCUT2D eigenvalue weighted by molar-refractivity contribution is 7.92. The fourth-order valence-corrected chi connectivity index (χ4v) is 3.98. The van der Waals surface area contributed by atoms with E-state index in [2.05, 4.69) is 10.6 Å². The van der Waals surface area contributed by atoms with Crippen molar-refractivity contribution in [2.24, 2.45) is 5.92 Å². The molecule has 0 saturated carbocycles. The van der Waals surface area contributed by atoms with E-state index < -0.39 is 16.1 Å². The summed E-state index contributed by atoms with van der Waals surface area (Å²) in [5.41, 5.74) is 0.822. The number of quaternary nitrogens is 1. The lowest BCUT2D eigenvalue weighted by atomic mass is 10.2. The maximum Gasteiger partial charge on any atom is 0.321 e. The average molecular weight is 410 g/mol. The first-order chi connectivity index (χ1) is 13.3. The molecule has 1 aromatic carbocycles. The molecule has 0 spiro atoms. The second kappa shape index (κ2) is 10.4. The predicted octanol–water partition coefficient (Wildman–Crippen LogP) is -0.331. The smallest absolute Gasteiger partial charge is 0.321 e. The van der Waals surface area contributed by atoms with Gasteiger partial charge < -0.3 is 10.2 Å². The highest BCUT2D eigenvalue weighted by Crippen LogP contribution is 2.08. The van der Waals surface area contributed by atoms with Crippen LogP contribution in [0.1, 0.15) is 19.4 Å². The molecule has 1 aliphatic rings. The van der Waals surface area contributed by atoms with E-state index in [1.165, 1.54) is 9.71 Å². The Morgan fingerprint density at radius 3 is 2.43 bits per heavy atom. The predicted molar refractivity (Wildman–Crippen MR) is 108 cm³/mol. The van der Waals surface area contributed by atoms with Gasteiger partial charge >= 0.3 is 6.03 Å². The number of nitrogens with zero attached hydrogens (tertiary/aromatic N) is 1. The van der Waals surface area contributed by atoms with Crippen molar-refractivity contribution in [2.75, 3.05) is 39.3 Å². The summed E-state index contributed by atoms with van der Waals surface area (Å²) in [4.78, 5) is 24.5. The van der Waals surface area contributed by atoms with E-state index in [9.17, 15) is 18.0 Å². The minimum absolute atomic E-state index is 0.142. The number of hydrogen-bond donors (Lipinski definition) is 3. The summed E-state index contributed by atoms with van der Waals surface area (Å²) in [6.07, 6.45) is 1.58. The first kappa shape index (κ1) is 22.1. The van der Waals surface area contributed by atoms with Crippen LogP contribution in [0.15, 0.2) is 35.7 Å². The summed E-state index contributed by atoms with van der Waals surface area (Å²) in [6.45, 7) is 6.28. The van der Waals surface area contributed by atoms with Gasteiger partial charge in [-0.2, -0.15) is 4.31 Å². The number of sulfonamides is 1. The summed E-state index contributed by atoms with van der Waals surface area (Å²) in [6, 6.07) is 8.75. The van der Waals surface area contributed by atoms with Gasteiger partial charge in [0.05, 0.1) is 26.2 Å². The van der Waals surface area contributed by atoms with Crippen molar-refractivity contribution < 1.29 is 22.9 Å². The van der Waals surface area contributed by atoms with Gasteiger partial charge in [0.1, 0.15) is 0 Å². The maximum atomic E-state index is 12.5. The van der Waals surface area contributed by atoms with Gasteiger partial charge in [-0.3, -0.25) is 10.1 Å². The van der Waals surface area contributed by atoms with Gasteiger partial charge in [-0.15, -0.1) is 0 Å². The Labute approximate surface area is 166 Å². The summed E-state index contributed by atoms with van der Waals surface area (Å²) in [7, 11) is -3.49. The van der Waals surface area contributed by atoms with Crippen molar-refractivity contribution in [3.8, 4) is 0 Å². The molecular formula is C19H29N4O4S+. The molecule has 1 heterocycles. The quantitative estimate of drug-likeness (QED) is 0.574. The zero-order valence-corrected chi connectivity index (χ0v) is 17.2. The molecule has 0 aliphatic carbocycles. The van der Waals surface area contributed by atoms with Gasteiger partial charge in [-0.05, 0) is 17.6 Å². The summed E-state index contributed by atoms with van der Waals surface area (Å²) in [5.74, 6) is -0.0611. The molecular weight excluding hydrogens is 380 g/mol. The molecule has 0 bridgehead atoms. The fourth-order valence-electron chi connectivity index (χ4n) is 2.79. The van der Waals surface area contributed by atoms with Crippen molar-refractivity contribution in [2.45, 2.75) is 13.8 Å². The largest absolute Gasteiger partial charge is 0.338 e. The van der Waals surface area contributed by atoms with E-state index in [1.807, 2.05) is 44.2 Å². The molecule has 28 heavy (non-hydrogen) atoms. The zero-order chi connectivity index (χ0) is 20.6. The summed E-state index contributed by atoms with van der Waals surface area (Å²) in [5, 5.41) is 6.16. The SMILES string of the molecule is CC(C)CNC(=O)NC(=O)C[NH+]1CCN(S(=O)(=O)/C=C/c2ccccc2)CC1. The topological polar surface area (TPSA) is 100 Å². The van der Waals surface area contributed by atoms with Crippen LogP contribution in [-0.4, -0.2) is 63.9 Å². The van der Waals surface area contributed by atoms with Gasteiger partial charge in [0.2, 0.25) is 10.0 Å². The van der Waals surface area contributed by atoms with E-state index >= 15 is 0 Å². The highest BCUT2D eigenvalue weighted by Gasteiger charge is 2.28. The zero-order valence-electron chi connectivity index (χ0n) is 16.3. The highest BCUT2D eigenvalue weighted by atomic mass is 32.2. The fraction of sp³-hybridized carbons (Fsp3) is 0.474. The van der Waals surface area contributed by atoms with E-state index in [-0.39, 0.29) is 12.5 Å². The van der Waals surface area contributed by atoms with Crippen molar-refractivity contribution >= 4 is 28.0 Å². The number of carbonyl (C=O) groups is 2. The molecule has 0 atom stereocenters. The average Bonchev–Trinajstić information content (AvgIpc) is 2.66. The number of amides is 3. The summed E-state index contributed by atoms with van der Waals surface area (Å²) < 4.78 is 26.3. The first-order valence-electron chi connectivity index (χ1n) is 9.41. The molecule has 8 nitrogen and oxygen atoms in total.